The first kappa shape index (κ1) is 12.5. The predicted octanol–water partition coefficient (Wildman–Crippen LogP) is 4.43. The van der Waals surface area contributed by atoms with Crippen molar-refractivity contribution in [3.63, 3.8) is 0 Å². The van der Waals surface area contributed by atoms with Gasteiger partial charge in [0.1, 0.15) is 0 Å². The Labute approximate surface area is 115 Å². The van der Waals surface area contributed by atoms with Crippen LogP contribution in [0.25, 0.3) is 0 Å². The minimum absolute atomic E-state index is 0.462. The molecule has 2 saturated carbocycles. The smallest absolute Gasteiger partial charge is 0.0453 e. The lowest BCUT2D eigenvalue weighted by Gasteiger charge is -2.29. The first-order valence-electron chi connectivity index (χ1n) is 7.29. The van der Waals surface area contributed by atoms with E-state index in [-0.39, 0.29) is 0 Å². The molecule has 0 heterocycles. The summed E-state index contributed by atoms with van der Waals surface area (Å²) in [6, 6.07) is 8.83. The van der Waals surface area contributed by atoms with Gasteiger partial charge in [0.05, 0.1) is 0 Å². The number of rotatable bonds is 6. The molecule has 0 aliphatic heterocycles. The van der Waals surface area contributed by atoms with Gasteiger partial charge < -0.3 is 5.32 Å². The van der Waals surface area contributed by atoms with Gasteiger partial charge in [0.15, 0.2) is 0 Å². The molecule has 1 aromatic carbocycles. The molecule has 1 unspecified atom stereocenters. The Morgan fingerprint density at radius 1 is 1.17 bits per heavy atom. The predicted molar refractivity (Wildman–Crippen MR) is 76.8 cm³/mol. The van der Waals surface area contributed by atoms with Crippen LogP contribution in [0.4, 0.5) is 0 Å². The Morgan fingerprint density at radius 3 is 2.28 bits per heavy atom. The van der Waals surface area contributed by atoms with Crippen LogP contribution in [0, 0.1) is 17.8 Å². The molecular formula is C16H22ClN. The van der Waals surface area contributed by atoms with Crippen molar-refractivity contribution in [2.75, 3.05) is 6.54 Å². The summed E-state index contributed by atoms with van der Waals surface area (Å²) in [7, 11) is 0. The van der Waals surface area contributed by atoms with Crippen molar-refractivity contribution in [3.8, 4) is 0 Å². The van der Waals surface area contributed by atoms with Gasteiger partial charge in [-0.15, -0.1) is 0 Å². The zero-order valence-corrected chi connectivity index (χ0v) is 11.8. The van der Waals surface area contributed by atoms with Crippen LogP contribution in [0.5, 0.6) is 0 Å². The highest BCUT2D eigenvalue weighted by atomic mass is 35.5. The third-order valence-electron chi connectivity index (χ3n) is 4.38. The Morgan fingerprint density at radius 2 is 1.78 bits per heavy atom. The highest BCUT2D eigenvalue weighted by Crippen LogP contribution is 2.54. The molecule has 1 atom stereocenters. The molecule has 2 aliphatic rings. The van der Waals surface area contributed by atoms with Gasteiger partial charge in [-0.2, -0.15) is 0 Å². The lowest BCUT2D eigenvalue weighted by atomic mass is 9.85. The lowest BCUT2D eigenvalue weighted by molar-refractivity contribution is 0.291. The fourth-order valence-electron chi connectivity index (χ4n) is 3.29. The third kappa shape index (κ3) is 2.57. The van der Waals surface area contributed by atoms with Crippen LogP contribution in [-0.2, 0) is 0 Å². The molecular weight excluding hydrogens is 242 g/mol. The first-order valence-corrected chi connectivity index (χ1v) is 7.67. The van der Waals surface area contributed by atoms with Crippen LogP contribution in [0.15, 0.2) is 24.3 Å². The number of halogens is 1. The minimum atomic E-state index is 0.462. The summed E-state index contributed by atoms with van der Waals surface area (Å²) in [5.74, 6) is 2.69. The molecule has 3 rings (SSSR count). The molecule has 1 nitrogen and oxygen atoms in total. The quantitative estimate of drug-likeness (QED) is 0.801. The molecule has 2 fully saturated rings. The van der Waals surface area contributed by atoms with Crippen LogP contribution in [0.1, 0.15) is 44.2 Å². The number of nitrogens with one attached hydrogen (secondary N) is 1. The van der Waals surface area contributed by atoms with Gasteiger partial charge in [-0.05, 0) is 61.6 Å². The van der Waals surface area contributed by atoms with Crippen molar-refractivity contribution in [1.82, 2.24) is 5.32 Å². The standard InChI is InChI=1S/C16H22ClN/c1-2-18-16(13-5-3-4-6-14(13)17)15(11-7-8-11)12-9-10-12/h3-6,11-12,15-16,18H,2,7-10H2,1H3. The molecule has 2 heteroatoms. The maximum atomic E-state index is 6.41. The zero-order valence-electron chi connectivity index (χ0n) is 11.0. The van der Waals surface area contributed by atoms with Gasteiger partial charge in [-0.3, -0.25) is 0 Å². The zero-order chi connectivity index (χ0) is 12.5. The third-order valence-corrected chi connectivity index (χ3v) is 4.73. The van der Waals surface area contributed by atoms with Gasteiger partial charge in [-0.1, -0.05) is 36.7 Å². The van der Waals surface area contributed by atoms with Crippen molar-refractivity contribution in [1.29, 1.82) is 0 Å². The van der Waals surface area contributed by atoms with Crippen LogP contribution in [0.3, 0.4) is 0 Å². The number of hydrogen-bond acceptors (Lipinski definition) is 1. The number of benzene rings is 1. The summed E-state index contributed by atoms with van der Waals surface area (Å²) in [6.45, 7) is 3.21. The van der Waals surface area contributed by atoms with E-state index in [9.17, 15) is 0 Å². The lowest BCUT2D eigenvalue weighted by Crippen LogP contribution is -2.31. The first-order chi connectivity index (χ1) is 8.81. The number of hydrogen-bond donors (Lipinski definition) is 1. The molecule has 98 valence electrons. The molecule has 0 saturated heterocycles. The van der Waals surface area contributed by atoms with Crippen molar-refractivity contribution < 1.29 is 0 Å². The maximum absolute atomic E-state index is 6.41. The average molecular weight is 264 g/mol. The van der Waals surface area contributed by atoms with Crippen LogP contribution in [-0.4, -0.2) is 6.54 Å². The van der Waals surface area contributed by atoms with Crippen LogP contribution >= 0.6 is 11.6 Å². The highest BCUT2D eigenvalue weighted by Gasteiger charge is 2.45. The fourth-order valence-corrected chi connectivity index (χ4v) is 3.55. The van der Waals surface area contributed by atoms with E-state index in [2.05, 4.69) is 24.4 Å². The molecule has 0 amide bonds. The van der Waals surface area contributed by atoms with Crippen molar-refractivity contribution in [2.24, 2.45) is 17.8 Å². The summed E-state index contributed by atoms with van der Waals surface area (Å²) >= 11 is 6.41. The van der Waals surface area contributed by atoms with E-state index in [4.69, 9.17) is 11.6 Å². The van der Waals surface area contributed by atoms with E-state index in [0.717, 1.165) is 29.3 Å². The molecule has 0 spiro atoms. The summed E-state index contributed by atoms with van der Waals surface area (Å²) in [4.78, 5) is 0. The SMILES string of the molecule is CCNC(c1ccccc1Cl)C(C1CC1)C1CC1. The summed E-state index contributed by atoms with van der Waals surface area (Å²) in [6.07, 6.45) is 5.70. The van der Waals surface area contributed by atoms with E-state index in [1.165, 1.54) is 31.2 Å². The van der Waals surface area contributed by atoms with Gasteiger partial charge in [0.2, 0.25) is 0 Å². The second kappa shape index (κ2) is 5.22. The Hall–Kier alpha value is -0.530. The van der Waals surface area contributed by atoms with Gasteiger partial charge in [0.25, 0.3) is 0 Å². The molecule has 0 radical (unpaired) electrons. The highest BCUT2D eigenvalue weighted by molar-refractivity contribution is 6.31. The molecule has 18 heavy (non-hydrogen) atoms. The minimum Gasteiger partial charge on any atom is -0.310 e. The van der Waals surface area contributed by atoms with Gasteiger partial charge >= 0.3 is 0 Å². The summed E-state index contributed by atoms with van der Waals surface area (Å²) < 4.78 is 0. The van der Waals surface area contributed by atoms with E-state index in [1.54, 1.807) is 0 Å². The Balaban J connectivity index is 1.88. The largest absolute Gasteiger partial charge is 0.310 e. The van der Waals surface area contributed by atoms with Gasteiger partial charge in [0, 0.05) is 11.1 Å². The normalized spacial score (nSPS) is 21.3. The monoisotopic (exact) mass is 263 g/mol. The molecule has 2 aliphatic carbocycles. The van der Waals surface area contributed by atoms with Crippen molar-refractivity contribution >= 4 is 11.6 Å². The van der Waals surface area contributed by atoms with E-state index in [1.807, 2.05) is 12.1 Å². The van der Waals surface area contributed by atoms with Crippen molar-refractivity contribution in [2.45, 2.75) is 38.6 Å². The fraction of sp³-hybridized carbons (Fsp3) is 0.625. The van der Waals surface area contributed by atoms with Crippen LogP contribution < -0.4 is 5.32 Å². The van der Waals surface area contributed by atoms with Crippen molar-refractivity contribution in [3.05, 3.63) is 34.9 Å². The molecule has 0 aromatic heterocycles. The Bertz CT molecular complexity index is 397. The van der Waals surface area contributed by atoms with Crippen LogP contribution in [0.2, 0.25) is 5.02 Å². The molecule has 1 aromatic rings. The second-order valence-corrected chi connectivity index (χ2v) is 6.22. The Kier molecular flexibility index (Phi) is 3.63. The topological polar surface area (TPSA) is 12.0 Å². The average Bonchev–Trinajstić information content (AvgIpc) is 3.24. The summed E-state index contributed by atoms with van der Waals surface area (Å²) in [5, 5.41) is 4.62. The van der Waals surface area contributed by atoms with E-state index >= 15 is 0 Å². The molecule has 1 N–H and O–H groups in total. The maximum Gasteiger partial charge on any atom is 0.0453 e. The second-order valence-electron chi connectivity index (χ2n) is 5.81. The summed E-state index contributed by atoms with van der Waals surface area (Å²) in [5.41, 5.74) is 1.31. The molecule has 0 bridgehead atoms. The van der Waals surface area contributed by atoms with Gasteiger partial charge in [-0.25, -0.2) is 0 Å². The van der Waals surface area contributed by atoms with E-state index in [0.29, 0.717) is 6.04 Å². The van der Waals surface area contributed by atoms with E-state index < -0.39 is 0 Å².